The molecule has 34 heavy (non-hydrogen) atoms. The number of hydrogen-bond acceptors (Lipinski definition) is 6. The molecule has 1 unspecified atom stereocenters. The van der Waals surface area contributed by atoms with Gasteiger partial charge in [-0.15, -0.1) is 0 Å². The molecule has 1 amide bonds. The second-order valence-corrected chi connectivity index (χ2v) is 11.4. The summed E-state index contributed by atoms with van der Waals surface area (Å²) in [5.74, 6) is 0.518. The molecule has 2 aromatic rings. The smallest absolute Gasteiger partial charge is 0.296 e. The minimum atomic E-state index is -4.53. The van der Waals surface area contributed by atoms with E-state index in [1.54, 1.807) is 18.3 Å². The Kier molecular flexibility index (Phi) is 6.18. The third-order valence-corrected chi connectivity index (χ3v) is 8.18. The maximum absolute atomic E-state index is 13.5. The van der Waals surface area contributed by atoms with Gasteiger partial charge in [-0.1, -0.05) is 34.1 Å². The van der Waals surface area contributed by atoms with Gasteiger partial charge in [0.15, 0.2) is 0 Å². The molecule has 2 N–H and O–H groups in total. The lowest BCUT2D eigenvalue weighted by atomic mass is 9.84. The molecular weight excluding hydrogens is 522 g/mol. The first-order chi connectivity index (χ1) is 16.2. The Morgan fingerprint density at radius 2 is 1.85 bits per heavy atom. The van der Waals surface area contributed by atoms with Gasteiger partial charge in [-0.3, -0.25) is 14.2 Å². The van der Waals surface area contributed by atoms with Crippen LogP contribution in [-0.4, -0.2) is 55.7 Å². The summed E-state index contributed by atoms with van der Waals surface area (Å²) in [7, 11) is -4.53. The van der Waals surface area contributed by atoms with E-state index in [9.17, 15) is 17.8 Å². The summed E-state index contributed by atoms with van der Waals surface area (Å²) in [6.07, 6.45) is 2.60. The van der Waals surface area contributed by atoms with Crippen LogP contribution in [0.5, 0.6) is 0 Å². The Morgan fingerprint density at radius 3 is 2.47 bits per heavy atom. The molecule has 0 spiro atoms. The number of rotatable bonds is 5. The van der Waals surface area contributed by atoms with Gasteiger partial charge in [-0.05, 0) is 68.6 Å². The molecule has 2 aromatic carbocycles. The molecule has 8 nitrogen and oxygen atoms in total. The van der Waals surface area contributed by atoms with Crippen LogP contribution in [0.1, 0.15) is 24.0 Å². The molecule has 4 aliphatic rings. The standard InChI is InChI=1S/C24H26BrN3O5S/c1-15-2-7-22(34(30,31)32)20(12-15)28-14-21(17-3-5-18(25)6-4-17)33-24(28)23(29)26-19-13-27-10-8-16(19)9-11-27/h2-7,12,14,16,19,24H,8-11,13H2,1H3,(H,26,29)(H,30,31,32)/t19-,24?/m0/s1. The molecule has 180 valence electrons. The number of nitrogens with zero attached hydrogens (tertiary/aromatic N) is 2. The largest absolute Gasteiger partial charge is 0.458 e. The molecule has 0 saturated carbocycles. The summed E-state index contributed by atoms with van der Waals surface area (Å²) >= 11 is 3.41. The normalized spacial score (nSPS) is 26.2. The maximum Gasteiger partial charge on any atom is 0.296 e. The number of halogens is 1. The number of hydrogen-bond donors (Lipinski definition) is 2. The highest BCUT2D eigenvalue weighted by Crippen LogP contribution is 2.36. The van der Waals surface area contributed by atoms with Gasteiger partial charge in [-0.25, -0.2) is 0 Å². The van der Waals surface area contributed by atoms with Crippen molar-refractivity contribution >= 4 is 43.4 Å². The fraction of sp³-hybridized carbons (Fsp3) is 0.375. The molecule has 2 atom stereocenters. The Hall–Kier alpha value is -2.40. The van der Waals surface area contributed by atoms with Crippen molar-refractivity contribution in [3.63, 3.8) is 0 Å². The van der Waals surface area contributed by atoms with Gasteiger partial charge in [0.25, 0.3) is 22.3 Å². The highest BCUT2D eigenvalue weighted by molar-refractivity contribution is 9.10. The van der Waals surface area contributed by atoms with Crippen LogP contribution in [0.4, 0.5) is 5.69 Å². The molecule has 6 rings (SSSR count). The van der Waals surface area contributed by atoms with E-state index in [0.29, 0.717) is 11.7 Å². The van der Waals surface area contributed by atoms with Crippen molar-refractivity contribution in [2.24, 2.45) is 5.92 Å². The molecule has 4 aliphatic heterocycles. The van der Waals surface area contributed by atoms with Crippen molar-refractivity contribution in [1.82, 2.24) is 10.2 Å². The Morgan fingerprint density at radius 1 is 1.15 bits per heavy atom. The summed E-state index contributed by atoms with van der Waals surface area (Å²) in [6.45, 7) is 4.73. The Balaban J connectivity index is 1.51. The number of nitrogens with one attached hydrogen (secondary N) is 1. The van der Waals surface area contributed by atoms with E-state index < -0.39 is 16.3 Å². The fourth-order valence-corrected chi connectivity index (χ4v) is 5.90. The third-order valence-electron chi connectivity index (χ3n) is 6.75. The molecular formula is C24H26BrN3O5S. The SMILES string of the molecule is Cc1ccc(S(=O)(=O)O)c(N2C=C(c3ccc(Br)cc3)OC2C(=O)N[C@H]2CN3CCC2CC3)c1. The third kappa shape index (κ3) is 4.59. The number of amides is 1. The van der Waals surface area contributed by atoms with Crippen LogP contribution in [0.15, 0.2) is 58.0 Å². The van der Waals surface area contributed by atoms with E-state index in [1.165, 1.54) is 11.0 Å². The molecule has 2 bridgehead atoms. The van der Waals surface area contributed by atoms with E-state index in [4.69, 9.17) is 4.74 Å². The Bertz CT molecular complexity index is 1240. The van der Waals surface area contributed by atoms with Crippen molar-refractivity contribution < 1.29 is 22.5 Å². The van der Waals surface area contributed by atoms with Crippen molar-refractivity contribution in [2.75, 3.05) is 24.5 Å². The van der Waals surface area contributed by atoms with E-state index in [-0.39, 0.29) is 22.5 Å². The van der Waals surface area contributed by atoms with Crippen molar-refractivity contribution in [3.8, 4) is 0 Å². The highest BCUT2D eigenvalue weighted by Gasteiger charge is 2.40. The summed E-state index contributed by atoms with van der Waals surface area (Å²) < 4.78 is 41.2. The van der Waals surface area contributed by atoms with Crippen LogP contribution in [0.3, 0.4) is 0 Å². The predicted molar refractivity (Wildman–Crippen MR) is 132 cm³/mol. The summed E-state index contributed by atoms with van der Waals surface area (Å²) in [5.41, 5.74) is 1.71. The quantitative estimate of drug-likeness (QED) is 0.553. The molecule has 10 heteroatoms. The number of fused-ring (bicyclic) bond motifs is 3. The zero-order chi connectivity index (χ0) is 24.0. The monoisotopic (exact) mass is 547 g/mol. The van der Waals surface area contributed by atoms with Crippen molar-refractivity contribution in [2.45, 2.75) is 36.9 Å². The summed E-state index contributed by atoms with van der Waals surface area (Å²) in [4.78, 5) is 17.1. The minimum Gasteiger partial charge on any atom is -0.458 e. The topological polar surface area (TPSA) is 99.2 Å². The van der Waals surface area contributed by atoms with E-state index in [0.717, 1.165) is 48.1 Å². The highest BCUT2D eigenvalue weighted by atomic mass is 79.9. The van der Waals surface area contributed by atoms with Crippen LogP contribution in [-0.2, 0) is 19.6 Å². The predicted octanol–water partition coefficient (Wildman–Crippen LogP) is 3.38. The Labute approximate surface area is 207 Å². The zero-order valence-electron chi connectivity index (χ0n) is 18.6. The summed E-state index contributed by atoms with van der Waals surface area (Å²) in [6, 6.07) is 12.0. The number of benzene rings is 2. The molecule has 3 fully saturated rings. The van der Waals surface area contributed by atoms with E-state index in [2.05, 4.69) is 26.1 Å². The molecule has 0 aromatic heterocycles. The van der Waals surface area contributed by atoms with E-state index in [1.807, 2.05) is 31.2 Å². The first kappa shape index (κ1) is 23.3. The summed E-state index contributed by atoms with van der Waals surface area (Å²) in [5, 5.41) is 3.15. The van der Waals surface area contributed by atoms with Gasteiger partial charge in [0.05, 0.1) is 11.9 Å². The lowest BCUT2D eigenvalue weighted by Gasteiger charge is -2.45. The first-order valence-electron chi connectivity index (χ1n) is 11.2. The number of ether oxygens (including phenoxy) is 1. The van der Waals surface area contributed by atoms with Crippen LogP contribution in [0.2, 0.25) is 0 Å². The molecule has 4 heterocycles. The minimum absolute atomic E-state index is 0.0238. The zero-order valence-corrected chi connectivity index (χ0v) is 21.0. The lowest BCUT2D eigenvalue weighted by Crippen LogP contribution is -2.59. The van der Waals surface area contributed by atoms with Crippen molar-refractivity contribution in [3.05, 3.63) is 64.3 Å². The average Bonchev–Trinajstić information content (AvgIpc) is 3.25. The van der Waals surface area contributed by atoms with Crippen molar-refractivity contribution in [1.29, 1.82) is 0 Å². The van der Waals surface area contributed by atoms with Gasteiger partial charge in [-0.2, -0.15) is 8.42 Å². The lowest BCUT2D eigenvalue weighted by molar-refractivity contribution is -0.130. The number of aryl methyl sites for hydroxylation is 1. The van der Waals surface area contributed by atoms with Gasteiger partial charge in [0.2, 0.25) is 0 Å². The number of carbonyl (C=O) groups is 1. The molecule has 0 radical (unpaired) electrons. The maximum atomic E-state index is 13.5. The number of piperidine rings is 3. The van der Waals surface area contributed by atoms with Gasteiger partial charge in [0.1, 0.15) is 10.7 Å². The second kappa shape index (κ2) is 8.99. The number of carbonyl (C=O) groups excluding carboxylic acids is 1. The molecule has 0 aliphatic carbocycles. The van der Waals surface area contributed by atoms with Crippen LogP contribution >= 0.6 is 15.9 Å². The fourth-order valence-electron chi connectivity index (χ4n) is 4.96. The van der Waals surface area contributed by atoms with Gasteiger partial charge >= 0.3 is 0 Å². The van der Waals surface area contributed by atoms with Crippen LogP contribution in [0.25, 0.3) is 5.76 Å². The second-order valence-electron chi connectivity index (χ2n) is 9.08. The van der Waals surface area contributed by atoms with Crippen LogP contribution in [0, 0.1) is 12.8 Å². The first-order valence-corrected chi connectivity index (χ1v) is 13.5. The van der Waals surface area contributed by atoms with Gasteiger partial charge < -0.3 is 15.0 Å². The van der Waals surface area contributed by atoms with Crippen LogP contribution < -0.4 is 10.2 Å². The number of anilines is 1. The van der Waals surface area contributed by atoms with E-state index >= 15 is 0 Å². The van der Waals surface area contributed by atoms with Gasteiger partial charge in [0, 0.05) is 22.6 Å². The average molecular weight is 548 g/mol. The molecule has 3 saturated heterocycles.